The lowest BCUT2D eigenvalue weighted by Gasteiger charge is -2.13. The average molecular weight is 472 g/mol. The molecular weight excluding hydrogens is 442 g/mol. The zero-order valence-electron chi connectivity index (χ0n) is 18.8. The van der Waals surface area contributed by atoms with Crippen LogP contribution in [0.1, 0.15) is 5.69 Å². The first kappa shape index (κ1) is 23.9. The van der Waals surface area contributed by atoms with Crippen molar-refractivity contribution in [1.29, 1.82) is 0 Å². The first-order valence-electron chi connectivity index (χ1n) is 11.1. The standard InChI is InChI=1S/C23H29N5O6/c1-34-18-5-4-17(32)22-20(18)23(33)19-15(25-7-6-24-8-9-29)3-2-14-16(27-28(22)21(14)19)10-26-13(11-30)12-31/h2-5,13,24-26,29-32H,6-12H2,1H3. The van der Waals surface area contributed by atoms with E-state index in [9.17, 15) is 20.1 Å². The molecule has 0 fully saturated rings. The van der Waals surface area contributed by atoms with Crippen LogP contribution < -0.4 is 26.1 Å². The van der Waals surface area contributed by atoms with E-state index < -0.39 is 6.04 Å². The van der Waals surface area contributed by atoms with Crippen LogP contribution in [0.2, 0.25) is 0 Å². The summed E-state index contributed by atoms with van der Waals surface area (Å²) in [6, 6.07) is 6.16. The van der Waals surface area contributed by atoms with Gasteiger partial charge in [-0.05, 0) is 24.3 Å². The lowest BCUT2D eigenvalue weighted by atomic mass is 10.0. The Morgan fingerprint density at radius 2 is 1.82 bits per heavy atom. The van der Waals surface area contributed by atoms with Crippen LogP contribution in [0.5, 0.6) is 11.5 Å². The Morgan fingerprint density at radius 1 is 1.03 bits per heavy atom. The Kier molecular flexibility index (Phi) is 7.29. The van der Waals surface area contributed by atoms with Gasteiger partial charge in [-0.3, -0.25) is 4.79 Å². The van der Waals surface area contributed by atoms with Gasteiger partial charge in [-0.15, -0.1) is 0 Å². The summed E-state index contributed by atoms with van der Waals surface area (Å²) in [5, 5.41) is 53.8. The molecule has 2 aromatic heterocycles. The minimum Gasteiger partial charge on any atom is -0.506 e. The van der Waals surface area contributed by atoms with Crippen molar-refractivity contribution in [2.45, 2.75) is 12.6 Å². The van der Waals surface area contributed by atoms with Crippen LogP contribution in [0.15, 0.2) is 29.1 Å². The highest BCUT2D eigenvalue weighted by Gasteiger charge is 2.23. The van der Waals surface area contributed by atoms with Gasteiger partial charge in [0.1, 0.15) is 17.0 Å². The molecule has 0 saturated heterocycles. The topological polar surface area (TPSA) is 161 Å². The molecule has 34 heavy (non-hydrogen) atoms. The highest BCUT2D eigenvalue weighted by Crippen LogP contribution is 2.36. The molecule has 182 valence electrons. The molecule has 0 aliphatic rings. The van der Waals surface area contributed by atoms with Crippen LogP contribution in [0.25, 0.3) is 27.2 Å². The number of aliphatic hydroxyl groups is 3. The lowest BCUT2D eigenvalue weighted by molar-refractivity contribution is 0.170. The third-order valence-corrected chi connectivity index (χ3v) is 5.83. The summed E-state index contributed by atoms with van der Waals surface area (Å²) in [7, 11) is 1.46. The van der Waals surface area contributed by atoms with Crippen LogP contribution in [-0.2, 0) is 6.54 Å². The third kappa shape index (κ3) is 4.19. The number of phenolic OH excluding ortho intramolecular Hbond substituents is 1. The second-order valence-corrected chi connectivity index (χ2v) is 7.93. The molecule has 0 radical (unpaired) electrons. The Balaban J connectivity index is 1.92. The van der Waals surface area contributed by atoms with E-state index in [1.54, 1.807) is 10.6 Å². The van der Waals surface area contributed by atoms with Crippen LogP contribution in [0.4, 0.5) is 5.69 Å². The fourth-order valence-corrected chi connectivity index (χ4v) is 4.15. The predicted octanol–water partition coefficient (Wildman–Crippen LogP) is -0.411. The van der Waals surface area contributed by atoms with E-state index in [1.165, 1.54) is 13.2 Å². The van der Waals surface area contributed by atoms with Crippen molar-refractivity contribution in [3.05, 3.63) is 40.2 Å². The Hall–Kier alpha value is -3.22. The average Bonchev–Trinajstić information content (AvgIpc) is 3.22. The molecule has 2 heterocycles. The van der Waals surface area contributed by atoms with Crippen molar-refractivity contribution in [2.24, 2.45) is 0 Å². The fourth-order valence-electron chi connectivity index (χ4n) is 4.15. The van der Waals surface area contributed by atoms with E-state index in [1.807, 2.05) is 12.1 Å². The summed E-state index contributed by atoms with van der Waals surface area (Å²) in [5.74, 6) is 0.223. The number of phenols is 1. The number of benzene rings is 2. The van der Waals surface area contributed by atoms with Crippen LogP contribution in [0, 0.1) is 0 Å². The van der Waals surface area contributed by atoms with Crippen molar-refractivity contribution >= 4 is 32.9 Å². The molecule has 0 spiro atoms. The van der Waals surface area contributed by atoms with Crippen molar-refractivity contribution < 1.29 is 25.2 Å². The Bertz CT molecular complexity index is 1340. The van der Waals surface area contributed by atoms with E-state index in [0.29, 0.717) is 53.1 Å². The van der Waals surface area contributed by atoms with Gasteiger partial charge in [0.05, 0.1) is 55.0 Å². The monoisotopic (exact) mass is 471 g/mol. The summed E-state index contributed by atoms with van der Waals surface area (Å²) < 4.78 is 6.99. The van der Waals surface area contributed by atoms with E-state index in [2.05, 4.69) is 21.0 Å². The van der Waals surface area contributed by atoms with Gasteiger partial charge >= 0.3 is 0 Å². The summed E-state index contributed by atoms with van der Waals surface area (Å²) in [6.45, 7) is 1.39. The maximum Gasteiger partial charge on any atom is 0.203 e. The summed E-state index contributed by atoms with van der Waals surface area (Å²) >= 11 is 0. The number of hydrogen-bond donors (Lipinski definition) is 7. The van der Waals surface area contributed by atoms with E-state index in [4.69, 9.17) is 9.84 Å². The number of fused-ring (bicyclic) bond motifs is 2. The maximum atomic E-state index is 13.7. The number of aromatic hydroxyl groups is 1. The second-order valence-electron chi connectivity index (χ2n) is 7.93. The smallest absolute Gasteiger partial charge is 0.203 e. The molecule has 0 bridgehead atoms. The van der Waals surface area contributed by atoms with Crippen molar-refractivity contribution in [1.82, 2.24) is 20.2 Å². The van der Waals surface area contributed by atoms with Gasteiger partial charge in [0.2, 0.25) is 5.43 Å². The normalized spacial score (nSPS) is 11.9. The first-order chi connectivity index (χ1) is 16.5. The molecule has 7 N–H and O–H groups in total. The molecule has 0 atom stereocenters. The number of hydrogen-bond acceptors (Lipinski definition) is 10. The number of nitrogens with zero attached hydrogens (tertiary/aromatic N) is 2. The number of pyridine rings is 1. The van der Waals surface area contributed by atoms with Gasteiger partial charge in [0.15, 0.2) is 0 Å². The van der Waals surface area contributed by atoms with Crippen LogP contribution in [-0.4, -0.2) is 82.6 Å². The van der Waals surface area contributed by atoms with E-state index in [-0.39, 0.29) is 48.4 Å². The van der Waals surface area contributed by atoms with Crippen LogP contribution >= 0.6 is 0 Å². The Labute approximate surface area is 194 Å². The molecule has 0 unspecified atom stereocenters. The summed E-state index contributed by atoms with van der Waals surface area (Å²) in [5.41, 5.74) is 1.71. The zero-order valence-corrected chi connectivity index (χ0v) is 18.8. The van der Waals surface area contributed by atoms with E-state index in [0.717, 1.165) is 0 Å². The molecule has 0 amide bonds. The third-order valence-electron chi connectivity index (χ3n) is 5.83. The predicted molar refractivity (Wildman–Crippen MR) is 129 cm³/mol. The molecule has 11 heteroatoms. The minimum atomic E-state index is -0.514. The van der Waals surface area contributed by atoms with Gasteiger partial charge < -0.3 is 41.1 Å². The Morgan fingerprint density at radius 3 is 2.53 bits per heavy atom. The number of methoxy groups -OCH3 is 1. The van der Waals surface area contributed by atoms with Gasteiger partial charge in [0.25, 0.3) is 0 Å². The highest BCUT2D eigenvalue weighted by molar-refractivity contribution is 6.10. The SMILES string of the molecule is COc1ccc(O)c2c1c(=O)c1c(NCCNCCO)ccc3c(CNC(CO)CO)nn2c31. The van der Waals surface area contributed by atoms with Gasteiger partial charge in [0, 0.05) is 37.3 Å². The molecule has 4 aromatic rings. The molecule has 0 saturated carbocycles. The van der Waals surface area contributed by atoms with Crippen molar-refractivity contribution in [3.63, 3.8) is 0 Å². The largest absolute Gasteiger partial charge is 0.506 e. The molecular formula is C23H29N5O6. The second kappa shape index (κ2) is 10.4. The van der Waals surface area contributed by atoms with Crippen molar-refractivity contribution in [3.8, 4) is 11.5 Å². The zero-order chi connectivity index (χ0) is 24.2. The summed E-state index contributed by atoms with van der Waals surface area (Å²) in [4.78, 5) is 13.7. The number of ether oxygens (including phenoxy) is 1. The number of anilines is 1. The minimum absolute atomic E-state index is 0.0409. The maximum absolute atomic E-state index is 13.7. The first-order valence-corrected chi connectivity index (χ1v) is 11.1. The summed E-state index contributed by atoms with van der Waals surface area (Å²) in [6.07, 6.45) is 0. The molecule has 2 aromatic carbocycles. The van der Waals surface area contributed by atoms with E-state index >= 15 is 0 Å². The molecule has 0 aliphatic carbocycles. The lowest BCUT2D eigenvalue weighted by Crippen LogP contribution is -2.35. The molecule has 11 nitrogen and oxygen atoms in total. The van der Waals surface area contributed by atoms with Gasteiger partial charge in [-0.25, -0.2) is 4.52 Å². The number of aromatic nitrogens is 2. The highest BCUT2D eigenvalue weighted by atomic mass is 16.5. The quantitative estimate of drug-likeness (QED) is 0.107. The molecule has 4 rings (SSSR count). The number of aliphatic hydroxyl groups excluding tert-OH is 3. The van der Waals surface area contributed by atoms with Crippen molar-refractivity contribution in [2.75, 3.05) is 51.9 Å². The van der Waals surface area contributed by atoms with Gasteiger partial charge in [-0.1, -0.05) is 0 Å². The van der Waals surface area contributed by atoms with Crippen LogP contribution in [0.3, 0.4) is 0 Å². The molecule has 0 aliphatic heterocycles. The fraction of sp³-hybridized carbons (Fsp3) is 0.391. The number of nitrogens with one attached hydrogen (secondary N) is 3. The van der Waals surface area contributed by atoms with Gasteiger partial charge in [-0.2, -0.15) is 5.10 Å². The number of rotatable bonds is 12.